The number of nitrogens with zero attached hydrogens (tertiary/aromatic N) is 3. The number of rotatable bonds is 7. The first-order chi connectivity index (χ1) is 13.1. The van der Waals surface area contributed by atoms with E-state index in [4.69, 9.17) is 4.52 Å². The summed E-state index contributed by atoms with van der Waals surface area (Å²) < 4.78 is 5.26. The number of aryl methyl sites for hydroxylation is 1. The van der Waals surface area contributed by atoms with Crippen molar-refractivity contribution in [2.24, 2.45) is 4.99 Å². The normalized spacial score (nSPS) is 12.1. The van der Waals surface area contributed by atoms with Crippen LogP contribution in [0.4, 0.5) is 0 Å². The fraction of sp³-hybridized carbons (Fsp3) is 0.450. The SMILES string of the molecule is CN=C(NCCc1nc(C(C)C)no1)NCCc1c[nH]c2cccc(C)c12. The van der Waals surface area contributed by atoms with Crippen molar-refractivity contribution in [2.75, 3.05) is 20.1 Å². The van der Waals surface area contributed by atoms with Gasteiger partial charge in [0.1, 0.15) is 0 Å². The predicted octanol–water partition coefficient (Wildman–Crippen LogP) is 2.93. The topological polar surface area (TPSA) is 91.1 Å². The standard InChI is InChI=1S/C20H28N6O/c1-13(2)19-25-17(27-26-19)9-11-23-20(21-4)22-10-8-15-12-24-16-7-5-6-14(3)18(15)16/h5-7,12-13,24H,8-11H2,1-4H3,(H2,21,22,23). The van der Waals surface area contributed by atoms with Crippen LogP contribution in [0.5, 0.6) is 0 Å². The molecule has 0 saturated carbocycles. The molecular formula is C20H28N6O. The highest BCUT2D eigenvalue weighted by Gasteiger charge is 2.10. The van der Waals surface area contributed by atoms with Crippen molar-refractivity contribution in [1.82, 2.24) is 25.8 Å². The molecule has 2 heterocycles. The van der Waals surface area contributed by atoms with Crippen LogP contribution in [0.1, 0.15) is 42.6 Å². The number of H-pyrrole nitrogens is 1. The van der Waals surface area contributed by atoms with Gasteiger partial charge in [-0.25, -0.2) is 0 Å². The highest BCUT2D eigenvalue weighted by Crippen LogP contribution is 2.22. The fourth-order valence-corrected chi connectivity index (χ4v) is 3.08. The average molecular weight is 368 g/mol. The van der Waals surface area contributed by atoms with Gasteiger partial charge in [-0.2, -0.15) is 4.98 Å². The van der Waals surface area contributed by atoms with E-state index in [0.717, 1.165) is 24.7 Å². The van der Waals surface area contributed by atoms with Crippen molar-refractivity contribution in [3.8, 4) is 0 Å². The summed E-state index contributed by atoms with van der Waals surface area (Å²) in [5, 5.41) is 11.9. The summed E-state index contributed by atoms with van der Waals surface area (Å²) in [6.45, 7) is 7.74. The first-order valence-corrected chi connectivity index (χ1v) is 9.41. The average Bonchev–Trinajstić information content (AvgIpc) is 3.28. The first kappa shape index (κ1) is 18.9. The number of nitrogens with one attached hydrogen (secondary N) is 3. The molecule has 0 aliphatic heterocycles. The molecule has 0 fully saturated rings. The molecule has 0 saturated heterocycles. The molecule has 3 rings (SSSR count). The predicted molar refractivity (Wildman–Crippen MR) is 108 cm³/mol. The Morgan fingerprint density at radius 2 is 2.00 bits per heavy atom. The monoisotopic (exact) mass is 368 g/mol. The number of guanidine groups is 1. The number of fused-ring (bicyclic) bond motifs is 1. The van der Waals surface area contributed by atoms with Gasteiger partial charge in [0.25, 0.3) is 0 Å². The summed E-state index contributed by atoms with van der Waals surface area (Å²) >= 11 is 0. The Bertz CT molecular complexity index is 908. The third-order valence-electron chi connectivity index (χ3n) is 4.54. The summed E-state index contributed by atoms with van der Waals surface area (Å²) in [4.78, 5) is 12.0. The Balaban J connectivity index is 1.46. The Morgan fingerprint density at radius 1 is 1.22 bits per heavy atom. The van der Waals surface area contributed by atoms with Gasteiger partial charge >= 0.3 is 0 Å². The van der Waals surface area contributed by atoms with Gasteiger partial charge in [0.15, 0.2) is 11.8 Å². The quantitative estimate of drug-likeness (QED) is 0.441. The van der Waals surface area contributed by atoms with E-state index in [9.17, 15) is 0 Å². The minimum atomic E-state index is 0.276. The molecule has 0 atom stereocenters. The third-order valence-corrected chi connectivity index (χ3v) is 4.54. The van der Waals surface area contributed by atoms with Crippen molar-refractivity contribution in [3.63, 3.8) is 0 Å². The lowest BCUT2D eigenvalue weighted by atomic mass is 10.1. The maximum atomic E-state index is 5.26. The number of aliphatic imine (C=N–C) groups is 1. The van der Waals surface area contributed by atoms with Gasteiger partial charge in [-0.15, -0.1) is 0 Å². The van der Waals surface area contributed by atoms with E-state index < -0.39 is 0 Å². The second-order valence-electron chi connectivity index (χ2n) is 6.94. The van der Waals surface area contributed by atoms with Crippen LogP contribution in [0, 0.1) is 6.92 Å². The van der Waals surface area contributed by atoms with Crippen LogP contribution in [-0.4, -0.2) is 41.2 Å². The van der Waals surface area contributed by atoms with Crippen molar-refractivity contribution >= 4 is 16.9 Å². The van der Waals surface area contributed by atoms with E-state index in [1.807, 2.05) is 13.8 Å². The van der Waals surface area contributed by atoms with Crippen molar-refractivity contribution in [1.29, 1.82) is 0 Å². The van der Waals surface area contributed by atoms with Crippen LogP contribution in [0.2, 0.25) is 0 Å². The van der Waals surface area contributed by atoms with E-state index in [-0.39, 0.29) is 5.92 Å². The second kappa shape index (κ2) is 8.70. The largest absolute Gasteiger partial charge is 0.361 e. The molecule has 0 spiro atoms. The van der Waals surface area contributed by atoms with Crippen LogP contribution in [0.15, 0.2) is 33.9 Å². The molecular weight excluding hydrogens is 340 g/mol. The van der Waals surface area contributed by atoms with Gasteiger partial charge in [-0.3, -0.25) is 4.99 Å². The summed E-state index contributed by atoms with van der Waals surface area (Å²) in [5.41, 5.74) is 3.80. The first-order valence-electron chi connectivity index (χ1n) is 9.41. The zero-order valence-corrected chi connectivity index (χ0v) is 16.5. The van der Waals surface area contributed by atoms with Crippen molar-refractivity contribution in [3.05, 3.63) is 47.2 Å². The van der Waals surface area contributed by atoms with Crippen molar-refractivity contribution < 1.29 is 4.52 Å². The van der Waals surface area contributed by atoms with Gasteiger partial charge in [0.05, 0.1) is 0 Å². The van der Waals surface area contributed by atoms with E-state index >= 15 is 0 Å². The van der Waals surface area contributed by atoms with E-state index in [0.29, 0.717) is 18.9 Å². The summed E-state index contributed by atoms with van der Waals surface area (Å²) in [7, 11) is 1.77. The Labute approximate surface area is 159 Å². The van der Waals surface area contributed by atoms with E-state index in [1.54, 1.807) is 7.05 Å². The fourth-order valence-electron chi connectivity index (χ4n) is 3.08. The molecule has 2 aromatic heterocycles. The molecule has 0 unspecified atom stereocenters. The molecule has 0 aliphatic rings. The zero-order chi connectivity index (χ0) is 19.2. The minimum absolute atomic E-state index is 0.276. The highest BCUT2D eigenvalue weighted by atomic mass is 16.5. The molecule has 0 radical (unpaired) electrons. The third kappa shape index (κ3) is 4.67. The lowest BCUT2D eigenvalue weighted by molar-refractivity contribution is 0.371. The van der Waals surface area contributed by atoms with Gasteiger partial charge in [0.2, 0.25) is 5.89 Å². The minimum Gasteiger partial charge on any atom is -0.361 e. The summed E-state index contributed by atoms with van der Waals surface area (Å²) in [6.07, 6.45) is 3.69. The van der Waals surface area contributed by atoms with Crippen LogP contribution in [0.25, 0.3) is 10.9 Å². The highest BCUT2D eigenvalue weighted by molar-refractivity contribution is 5.86. The van der Waals surface area contributed by atoms with E-state index in [1.165, 1.54) is 22.0 Å². The van der Waals surface area contributed by atoms with Crippen LogP contribution >= 0.6 is 0 Å². The lowest BCUT2D eigenvalue weighted by Gasteiger charge is -2.11. The second-order valence-corrected chi connectivity index (χ2v) is 6.94. The number of aromatic nitrogens is 3. The maximum absolute atomic E-state index is 5.26. The van der Waals surface area contributed by atoms with Crippen molar-refractivity contribution in [2.45, 2.75) is 39.5 Å². The summed E-state index contributed by atoms with van der Waals surface area (Å²) in [6, 6.07) is 6.34. The Kier molecular flexibility index (Phi) is 6.11. The number of aromatic amines is 1. The number of hydrogen-bond donors (Lipinski definition) is 3. The van der Waals surface area contributed by atoms with E-state index in [2.05, 4.69) is 62.1 Å². The molecule has 0 bridgehead atoms. The molecule has 3 aromatic rings. The Morgan fingerprint density at radius 3 is 2.70 bits per heavy atom. The number of benzene rings is 1. The molecule has 7 heteroatoms. The smallest absolute Gasteiger partial charge is 0.228 e. The maximum Gasteiger partial charge on any atom is 0.228 e. The molecule has 27 heavy (non-hydrogen) atoms. The molecule has 0 amide bonds. The molecule has 1 aromatic carbocycles. The lowest BCUT2D eigenvalue weighted by Crippen LogP contribution is -2.39. The van der Waals surface area contributed by atoms with Crippen LogP contribution < -0.4 is 10.6 Å². The van der Waals surface area contributed by atoms with Crippen LogP contribution in [-0.2, 0) is 12.8 Å². The Hall–Kier alpha value is -2.83. The zero-order valence-electron chi connectivity index (χ0n) is 16.5. The molecule has 7 nitrogen and oxygen atoms in total. The number of hydrogen-bond acceptors (Lipinski definition) is 4. The van der Waals surface area contributed by atoms with Gasteiger partial charge in [-0.1, -0.05) is 31.1 Å². The van der Waals surface area contributed by atoms with Gasteiger partial charge < -0.3 is 20.1 Å². The molecule has 0 aliphatic carbocycles. The van der Waals surface area contributed by atoms with Gasteiger partial charge in [0, 0.05) is 49.6 Å². The molecule has 144 valence electrons. The summed E-state index contributed by atoms with van der Waals surface area (Å²) in [5.74, 6) is 2.45. The van der Waals surface area contributed by atoms with Crippen LogP contribution in [0.3, 0.4) is 0 Å². The van der Waals surface area contributed by atoms with Gasteiger partial charge in [-0.05, 0) is 30.5 Å². The molecule has 3 N–H and O–H groups in total.